The van der Waals surface area contributed by atoms with Crippen molar-refractivity contribution in [1.82, 2.24) is 25.0 Å². The van der Waals surface area contributed by atoms with Crippen LogP contribution < -0.4 is 10.1 Å². The fourth-order valence-corrected chi connectivity index (χ4v) is 4.26. The Morgan fingerprint density at radius 3 is 2.60 bits per heavy atom. The van der Waals surface area contributed by atoms with Crippen LogP contribution in [0.25, 0.3) is 0 Å². The predicted octanol–water partition coefficient (Wildman–Crippen LogP) is 4.11. The highest BCUT2D eigenvalue weighted by atomic mass is 32.2. The number of ether oxygens (including phenoxy) is 1. The lowest BCUT2D eigenvalue weighted by molar-refractivity contribution is -0.113. The Hall–Kier alpha value is -2.72. The number of hydrogen-bond donors (Lipinski definition) is 1. The van der Waals surface area contributed by atoms with Crippen LogP contribution in [0.1, 0.15) is 35.0 Å². The van der Waals surface area contributed by atoms with E-state index in [0.29, 0.717) is 22.7 Å². The molecule has 1 aromatic carbocycles. The molecule has 3 rings (SSSR count). The summed E-state index contributed by atoms with van der Waals surface area (Å²) in [6.45, 7) is 12.2. The second-order valence-electron chi connectivity index (χ2n) is 6.79. The minimum absolute atomic E-state index is 0.176. The van der Waals surface area contributed by atoms with Crippen LogP contribution in [0, 0.1) is 20.8 Å². The molecule has 3 aromatic rings. The maximum absolute atomic E-state index is 12.2. The first-order valence-electron chi connectivity index (χ1n) is 9.37. The van der Waals surface area contributed by atoms with Gasteiger partial charge in [0.05, 0.1) is 5.75 Å². The molecule has 2 aromatic heterocycles. The molecule has 158 valence electrons. The van der Waals surface area contributed by atoms with Crippen molar-refractivity contribution in [2.45, 2.75) is 45.5 Å². The quantitative estimate of drug-likeness (QED) is 0.392. The molecule has 0 aliphatic carbocycles. The number of allylic oxidation sites excluding steroid dienone is 1. The van der Waals surface area contributed by atoms with E-state index in [9.17, 15) is 4.79 Å². The molecule has 0 saturated carbocycles. The molecule has 0 aliphatic heterocycles. The van der Waals surface area contributed by atoms with Gasteiger partial charge in [0, 0.05) is 6.54 Å². The van der Waals surface area contributed by atoms with E-state index >= 15 is 0 Å². The largest absolute Gasteiger partial charge is 0.483 e. The molecule has 10 heteroatoms. The number of carbonyl (C=O) groups excluding carboxylic acids is 1. The van der Waals surface area contributed by atoms with Crippen molar-refractivity contribution < 1.29 is 9.53 Å². The molecule has 0 aliphatic rings. The molecule has 0 bridgehead atoms. The zero-order valence-corrected chi connectivity index (χ0v) is 19.0. The molecule has 0 radical (unpaired) electrons. The van der Waals surface area contributed by atoms with Gasteiger partial charge in [-0.15, -0.1) is 27.0 Å². The fourth-order valence-electron chi connectivity index (χ4n) is 2.90. The summed E-state index contributed by atoms with van der Waals surface area (Å²) in [6.07, 6.45) is 1.45. The van der Waals surface area contributed by atoms with E-state index in [1.807, 2.05) is 44.4 Å². The number of rotatable bonds is 9. The Labute approximate surface area is 183 Å². The van der Waals surface area contributed by atoms with Crippen LogP contribution in [0.5, 0.6) is 5.75 Å². The van der Waals surface area contributed by atoms with Gasteiger partial charge >= 0.3 is 0 Å². The van der Waals surface area contributed by atoms with Crippen molar-refractivity contribution in [2.24, 2.45) is 0 Å². The third-order valence-corrected chi connectivity index (χ3v) is 5.75. The number of amides is 1. The molecular weight excluding hydrogens is 420 g/mol. The Morgan fingerprint density at radius 2 is 1.97 bits per heavy atom. The minimum Gasteiger partial charge on any atom is -0.483 e. The molecular formula is C20H24N6O2S2. The lowest BCUT2D eigenvalue weighted by Gasteiger charge is -2.16. The molecule has 1 atom stereocenters. The first-order chi connectivity index (χ1) is 14.4. The normalized spacial score (nSPS) is 11.9. The van der Waals surface area contributed by atoms with Gasteiger partial charge in [-0.05, 0) is 51.0 Å². The number of aromatic nitrogens is 5. The molecule has 8 nitrogen and oxygen atoms in total. The van der Waals surface area contributed by atoms with Gasteiger partial charge in [0.1, 0.15) is 10.8 Å². The summed E-state index contributed by atoms with van der Waals surface area (Å²) in [4.78, 5) is 12.2. The fraction of sp³-hybridized carbons (Fsp3) is 0.350. The monoisotopic (exact) mass is 444 g/mol. The molecule has 0 saturated heterocycles. The third-order valence-electron chi connectivity index (χ3n) is 4.03. The minimum atomic E-state index is -0.314. The maximum atomic E-state index is 12.2. The summed E-state index contributed by atoms with van der Waals surface area (Å²) >= 11 is 2.63. The summed E-state index contributed by atoms with van der Waals surface area (Å²) in [6, 6.07) is 6.08. The van der Waals surface area contributed by atoms with Gasteiger partial charge in [0.25, 0.3) is 0 Å². The highest BCUT2D eigenvalue weighted by molar-refractivity contribution is 7.99. The summed E-state index contributed by atoms with van der Waals surface area (Å²) in [7, 11) is 0. The number of benzene rings is 1. The molecule has 0 spiro atoms. The van der Waals surface area contributed by atoms with Crippen molar-refractivity contribution in [2.75, 3.05) is 11.1 Å². The van der Waals surface area contributed by atoms with Gasteiger partial charge in [0.15, 0.2) is 17.1 Å². The standard InChI is InChI=1S/C20H24N6O2S2/c1-6-7-26-18(14(4)28-16-9-12(2)8-13(3)10-16)23-25-20(26)29-11-17(27)21-19-24-22-15(5)30-19/h6,8-10,14H,1,7,11H2,2-5H3,(H,21,24,27). The summed E-state index contributed by atoms with van der Waals surface area (Å²) in [5, 5.41) is 21.0. The van der Waals surface area contributed by atoms with E-state index in [1.54, 1.807) is 6.08 Å². The summed E-state index contributed by atoms with van der Waals surface area (Å²) < 4.78 is 8.02. The van der Waals surface area contributed by atoms with Gasteiger partial charge in [-0.25, -0.2) is 0 Å². The van der Waals surface area contributed by atoms with E-state index in [-0.39, 0.29) is 17.8 Å². The van der Waals surface area contributed by atoms with Crippen molar-refractivity contribution in [3.63, 3.8) is 0 Å². The first kappa shape index (κ1) is 22.0. The topological polar surface area (TPSA) is 94.8 Å². The highest BCUT2D eigenvalue weighted by Gasteiger charge is 2.20. The zero-order valence-electron chi connectivity index (χ0n) is 17.4. The number of aryl methyl sites for hydroxylation is 3. The van der Waals surface area contributed by atoms with Crippen molar-refractivity contribution >= 4 is 34.1 Å². The van der Waals surface area contributed by atoms with E-state index in [0.717, 1.165) is 21.9 Å². The lowest BCUT2D eigenvalue weighted by atomic mass is 10.1. The molecule has 0 fully saturated rings. The Kier molecular flexibility index (Phi) is 7.22. The Morgan fingerprint density at radius 1 is 1.23 bits per heavy atom. The van der Waals surface area contributed by atoms with Crippen molar-refractivity contribution in [3.8, 4) is 5.75 Å². The average Bonchev–Trinajstić information content (AvgIpc) is 3.25. The van der Waals surface area contributed by atoms with E-state index in [1.165, 1.54) is 23.1 Å². The second kappa shape index (κ2) is 9.86. The first-order valence-corrected chi connectivity index (χ1v) is 11.2. The van der Waals surface area contributed by atoms with E-state index in [4.69, 9.17) is 4.74 Å². The van der Waals surface area contributed by atoms with E-state index in [2.05, 4.69) is 38.4 Å². The number of thioether (sulfide) groups is 1. The van der Waals surface area contributed by atoms with Crippen LogP contribution in [0.3, 0.4) is 0 Å². The van der Waals surface area contributed by atoms with Gasteiger partial charge < -0.3 is 4.74 Å². The average molecular weight is 445 g/mol. The van der Waals surface area contributed by atoms with Gasteiger partial charge in [-0.2, -0.15) is 0 Å². The van der Waals surface area contributed by atoms with Crippen molar-refractivity contribution in [3.05, 3.63) is 52.8 Å². The number of carbonyl (C=O) groups is 1. The predicted molar refractivity (Wildman–Crippen MR) is 119 cm³/mol. The van der Waals surface area contributed by atoms with Crippen LogP contribution in [0.15, 0.2) is 36.0 Å². The zero-order chi connectivity index (χ0) is 21.7. The summed E-state index contributed by atoms with van der Waals surface area (Å²) in [5.74, 6) is 1.47. The number of nitrogens with one attached hydrogen (secondary N) is 1. The Bertz CT molecular complexity index is 1030. The molecule has 2 heterocycles. The molecule has 30 heavy (non-hydrogen) atoms. The number of anilines is 1. The van der Waals surface area contributed by atoms with Crippen molar-refractivity contribution in [1.29, 1.82) is 0 Å². The number of nitrogens with zero attached hydrogens (tertiary/aromatic N) is 5. The SMILES string of the molecule is C=CCn1c(SCC(=O)Nc2nnc(C)s2)nnc1C(C)Oc1cc(C)cc(C)c1. The lowest BCUT2D eigenvalue weighted by Crippen LogP contribution is -2.15. The smallest absolute Gasteiger partial charge is 0.236 e. The third kappa shape index (κ3) is 5.67. The molecule has 1 unspecified atom stereocenters. The van der Waals surface area contributed by atoms with Crippen LogP contribution >= 0.6 is 23.1 Å². The maximum Gasteiger partial charge on any atom is 0.236 e. The van der Waals surface area contributed by atoms with Gasteiger partial charge in [0.2, 0.25) is 11.0 Å². The van der Waals surface area contributed by atoms with Crippen LogP contribution in [0.2, 0.25) is 0 Å². The second-order valence-corrected chi connectivity index (χ2v) is 8.91. The Balaban J connectivity index is 1.69. The van der Waals surface area contributed by atoms with Crippen LogP contribution in [-0.2, 0) is 11.3 Å². The van der Waals surface area contributed by atoms with Gasteiger partial charge in [-0.3, -0.25) is 14.7 Å². The van der Waals surface area contributed by atoms with Crippen LogP contribution in [-0.4, -0.2) is 36.6 Å². The number of hydrogen-bond acceptors (Lipinski definition) is 8. The highest BCUT2D eigenvalue weighted by Crippen LogP contribution is 2.26. The molecule has 1 N–H and O–H groups in total. The van der Waals surface area contributed by atoms with E-state index < -0.39 is 0 Å². The summed E-state index contributed by atoms with van der Waals surface area (Å²) in [5.41, 5.74) is 2.27. The van der Waals surface area contributed by atoms with Gasteiger partial charge in [-0.1, -0.05) is 35.2 Å². The molecule has 1 amide bonds. The van der Waals surface area contributed by atoms with Crippen LogP contribution in [0.4, 0.5) is 5.13 Å².